The molecule has 4 unspecified atom stereocenters. The summed E-state index contributed by atoms with van der Waals surface area (Å²) in [6.07, 6.45) is 13.6. The van der Waals surface area contributed by atoms with E-state index in [0.29, 0.717) is 68.7 Å². The summed E-state index contributed by atoms with van der Waals surface area (Å²) < 4.78 is 47.5. The van der Waals surface area contributed by atoms with Crippen LogP contribution in [0.3, 0.4) is 0 Å². The van der Waals surface area contributed by atoms with E-state index in [2.05, 4.69) is 71.6 Å². The predicted octanol–water partition coefficient (Wildman–Crippen LogP) is 10.4. The van der Waals surface area contributed by atoms with Crippen molar-refractivity contribution in [3.8, 4) is 11.5 Å². The fourth-order valence-corrected chi connectivity index (χ4v) is 16.0. The topological polar surface area (TPSA) is 169 Å². The second-order valence-corrected chi connectivity index (χ2v) is 25.7. The maximum atomic E-state index is 14.0. The van der Waals surface area contributed by atoms with Crippen LogP contribution in [0.1, 0.15) is 158 Å². The van der Waals surface area contributed by atoms with Gasteiger partial charge in [0.05, 0.1) is 17.3 Å². The van der Waals surface area contributed by atoms with E-state index >= 15 is 0 Å². The number of esters is 1. The van der Waals surface area contributed by atoms with Crippen molar-refractivity contribution < 1.29 is 41.9 Å². The minimum absolute atomic E-state index is 0.0549. The van der Waals surface area contributed by atoms with E-state index in [4.69, 9.17) is 14.5 Å². The highest BCUT2D eigenvalue weighted by molar-refractivity contribution is 7.86. The van der Waals surface area contributed by atoms with E-state index in [0.717, 1.165) is 65.0 Å². The van der Waals surface area contributed by atoms with Gasteiger partial charge in [0, 0.05) is 33.5 Å². The molecule has 0 spiro atoms. The molecule has 71 heavy (non-hydrogen) atoms. The molecule has 0 aromatic heterocycles. The average molecular weight is 983 g/mol. The Morgan fingerprint density at radius 2 is 1.59 bits per heavy atom. The van der Waals surface area contributed by atoms with Crippen LogP contribution < -0.4 is 20.6 Å². The number of rotatable bonds is 10. The van der Waals surface area contributed by atoms with E-state index in [-0.39, 0.29) is 22.5 Å². The van der Waals surface area contributed by atoms with Gasteiger partial charge in [-0.1, -0.05) is 64.1 Å². The summed E-state index contributed by atoms with van der Waals surface area (Å²) in [6.45, 7) is 21.9. The van der Waals surface area contributed by atoms with Gasteiger partial charge in [-0.25, -0.2) is 4.79 Å². The Kier molecular flexibility index (Phi) is 12.1. The molecule has 2 aliphatic heterocycles. The fraction of sp³-hybridized carbons (Fsp3) is 0.525. The highest BCUT2D eigenvalue weighted by atomic mass is 32.2. The van der Waals surface area contributed by atoms with Crippen molar-refractivity contribution in [2.75, 3.05) is 5.75 Å². The van der Waals surface area contributed by atoms with Crippen molar-refractivity contribution in [3.63, 3.8) is 0 Å². The number of nitrogens with one attached hydrogen (secondary N) is 1. The van der Waals surface area contributed by atoms with Crippen LogP contribution in [0.25, 0.3) is 16.7 Å². The summed E-state index contributed by atoms with van der Waals surface area (Å²) in [6, 6.07) is 13.5. The molecule has 4 saturated carbocycles. The molecular formula is C59H70N2O9S. The highest BCUT2D eigenvalue weighted by Gasteiger charge is 2.60. The quantitative estimate of drug-likeness (QED) is 0.0796. The first-order chi connectivity index (χ1) is 33.3. The van der Waals surface area contributed by atoms with Crippen LogP contribution in [-0.4, -0.2) is 59.4 Å². The summed E-state index contributed by atoms with van der Waals surface area (Å²) in [5.41, 5.74) is 7.96. The number of benzene rings is 3. The molecule has 12 heteroatoms. The largest absolute Gasteiger partial charge is 0.481 e. The molecule has 4 fully saturated rings. The summed E-state index contributed by atoms with van der Waals surface area (Å²) in [5, 5.41) is 13.9. The minimum Gasteiger partial charge on any atom is -0.481 e. The molecule has 3 N–H and O–H groups in total. The Morgan fingerprint density at radius 1 is 0.873 bits per heavy atom. The lowest BCUT2D eigenvalue weighted by Crippen LogP contribution is -2.54. The van der Waals surface area contributed by atoms with E-state index < -0.39 is 51.7 Å². The first-order valence-electron chi connectivity index (χ1n) is 25.8. The third-order valence-electron chi connectivity index (χ3n) is 18.3. The molecule has 9 atom stereocenters. The van der Waals surface area contributed by atoms with Gasteiger partial charge in [0.25, 0.3) is 16.0 Å². The first kappa shape index (κ1) is 49.3. The molecule has 7 aliphatic rings. The second kappa shape index (κ2) is 17.4. The van der Waals surface area contributed by atoms with Gasteiger partial charge in [-0.2, -0.15) is 8.42 Å². The Morgan fingerprint density at radius 3 is 2.30 bits per heavy atom. The van der Waals surface area contributed by atoms with Crippen LogP contribution in [0.15, 0.2) is 77.8 Å². The number of carboxylic acids is 1. The summed E-state index contributed by atoms with van der Waals surface area (Å²) in [4.78, 5) is 45.1. The molecule has 10 rings (SSSR count). The van der Waals surface area contributed by atoms with Gasteiger partial charge >= 0.3 is 11.9 Å². The molecule has 0 bridgehead atoms. The Bertz CT molecular complexity index is 3090. The molecule has 1 amide bonds. The SMILES string of the molecule is C=C(C)C1CCC2C3CC[C@@H]4C[C@H](OC(=O)[C@H](CC(=O)O)NC(=O)c5ccc(C6=c7cc8c(cc7Oc7cc9c(cc76)C(C)=CC(C)(C)C9)=NC(C)(C)C=C8CS(=O)(=O)O)cc5)CC[C@]4(C)C3CC[C@]12C. The van der Waals surface area contributed by atoms with Crippen molar-refractivity contribution in [2.24, 2.45) is 50.8 Å². The van der Waals surface area contributed by atoms with Crippen molar-refractivity contribution in [1.29, 1.82) is 0 Å². The Hall–Kier alpha value is -5.33. The first-order valence-corrected chi connectivity index (χ1v) is 27.4. The number of hydrogen-bond acceptors (Lipinski definition) is 8. The second-order valence-electron chi connectivity index (χ2n) is 24.2. The zero-order valence-electron chi connectivity index (χ0n) is 42.6. The normalized spacial score (nSPS) is 30.1. The zero-order chi connectivity index (χ0) is 50.7. The lowest BCUT2D eigenvalue weighted by Gasteiger charge is -2.61. The van der Waals surface area contributed by atoms with E-state index in [1.54, 1.807) is 18.2 Å². The number of carbonyl (C=O) groups is 3. The molecule has 11 nitrogen and oxygen atoms in total. The average Bonchev–Trinajstić information content (AvgIpc) is 3.63. The number of carbonyl (C=O) groups excluding carboxylic acids is 2. The molecule has 0 radical (unpaired) electrons. The van der Waals surface area contributed by atoms with E-state index in [9.17, 15) is 32.5 Å². The third-order valence-corrected chi connectivity index (χ3v) is 18.9. The van der Waals surface area contributed by atoms with Gasteiger partial charge < -0.3 is 19.9 Å². The minimum atomic E-state index is -4.39. The van der Waals surface area contributed by atoms with Crippen molar-refractivity contribution in [3.05, 3.63) is 117 Å². The number of ether oxygens (including phenoxy) is 2. The number of aliphatic carboxylic acids is 1. The lowest BCUT2D eigenvalue weighted by atomic mass is 9.44. The van der Waals surface area contributed by atoms with Crippen LogP contribution in [0.2, 0.25) is 0 Å². The van der Waals surface area contributed by atoms with Crippen LogP contribution >= 0.6 is 0 Å². The number of hydrogen-bond donors (Lipinski definition) is 3. The van der Waals surface area contributed by atoms with Crippen molar-refractivity contribution in [2.45, 2.75) is 144 Å². The highest BCUT2D eigenvalue weighted by Crippen LogP contribution is 2.68. The van der Waals surface area contributed by atoms with Gasteiger partial charge in [0.15, 0.2) is 0 Å². The number of amides is 1. The molecular weight excluding hydrogens is 913 g/mol. The fourth-order valence-electron chi connectivity index (χ4n) is 15.3. The predicted molar refractivity (Wildman–Crippen MR) is 275 cm³/mol. The molecule has 3 aromatic carbocycles. The van der Waals surface area contributed by atoms with E-state index in [1.165, 1.54) is 37.7 Å². The smallest absolute Gasteiger partial charge is 0.329 e. The summed E-state index contributed by atoms with van der Waals surface area (Å²) in [5.74, 6) is 1.14. The standard InChI is InChI=1S/C59H70N2O9S/c1-32(2)45-16-17-46-40-15-14-38-23-39(18-20-58(38,8)47(40)19-21-59(45,46)9)69-55(65)49(27-52(62)63)60-54(64)35-12-10-34(11-13-35)53-43-24-41-33(3)28-56(4,5)29-36(41)22-50(43)70-51-26-48-42(25-44(51)53)37(31-71(66,67)68)30-57(6,7)61-48/h10-13,22,24-26,28,30,38-40,45-47,49H,1,14-21,23,27,29,31H2,2-9H3,(H,60,64)(H,62,63)(H,66,67,68)/t38-,39-,40?,45?,46?,47?,49+,58+,59-/m1/s1. The van der Waals surface area contributed by atoms with Gasteiger partial charge in [-0.15, -0.1) is 0 Å². The van der Waals surface area contributed by atoms with Crippen LogP contribution in [-0.2, 0) is 30.9 Å². The van der Waals surface area contributed by atoms with Gasteiger partial charge in [0.1, 0.15) is 29.4 Å². The number of allylic oxidation sites excluding steroid dienone is 3. The van der Waals surface area contributed by atoms with Crippen LogP contribution in [0.4, 0.5) is 0 Å². The van der Waals surface area contributed by atoms with Crippen LogP contribution in [0, 0.1) is 45.8 Å². The van der Waals surface area contributed by atoms with Gasteiger partial charge in [-0.3, -0.25) is 19.1 Å². The molecule has 2 heterocycles. The lowest BCUT2D eigenvalue weighted by molar-refractivity contribution is -0.165. The summed E-state index contributed by atoms with van der Waals surface area (Å²) >= 11 is 0. The number of fused-ring (bicyclic) bond motifs is 9. The number of carboxylic acid groups (broad SMARTS) is 1. The maximum Gasteiger partial charge on any atom is 0.329 e. The third kappa shape index (κ3) is 9.03. The maximum absolute atomic E-state index is 14.0. The number of nitrogens with zero attached hydrogens (tertiary/aromatic N) is 1. The monoisotopic (exact) mass is 982 g/mol. The van der Waals surface area contributed by atoms with Crippen LogP contribution in [0.5, 0.6) is 11.5 Å². The van der Waals surface area contributed by atoms with Crippen molar-refractivity contribution in [1.82, 2.24) is 5.32 Å². The van der Waals surface area contributed by atoms with Crippen molar-refractivity contribution >= 4 is 44.7 Å². The molecule has 5 aliphatic carbocycles. The van der Waals surface area contributed by atoms with Gasteiger partial charge in [-0.05, 0) is 196 Å². The molecule has 0 saturated heterocycles. The van der Waals surface area contributed by atoms with Gasteiger partial charge in [0.2, 0.25) is 0 Å². The molecule has 376 valence electrons. The zero-order valence-corrected chi connectivity index (χ0v) is 43.4. The Balaban J connectivity index is 0.907. The van der Waals surface area contributed by atoms with E-state index in [1.807, 2.05) is 38.1 Å². The molecule has 3 aromatic rings. The Labute approximate surface area is 418 Å². The summed E-state index contributed by atoms with van der Waals surface area (Å²) in [7, 11) is -4.39.